The lowest BCUT2D eigenvalue weighted by Crippen LogP contribution is -2.32. The second-order valence-corrected chi connectivity index (χ2v) is 8.88. The molecule has 2 aromatic heterocycles. The van der Waals surface area contributed by atoms with Crippen LogP contribution in [0.5, 0.6) is 0 Å². The predicted octanol–water partition coefficient (Wildman–Crippen LogP) is 5.51. The zero-order valence-electron chi connectivity index (χ0n) is 20.6. The molecular formula is C28H30FN5O2. The van der Waals surface area contributed by atoms with Crippen LogP contribution in [0.4, 0.5) is 15.9 Å². The molecule has 0 amide bonds. The van der Waals surface area contributed by atoms with Crippen LogP contribution in [0.2, 0.25) is 0 Å². The number of hydrogen-bond donors (Lipinski definition) is 4. The molecule has 0 spiro atoms. The molecule has 36 heavy (non-hydrogen) atoms. The first-order chi connectivity index (χ1) is 17.3. The Balaban J connectivity index is 1.42. The van der Waals surface area contributed by atoms with Gasteiger partial charge in [0, 0.05) is 23.9 Å². The molecule has 0 bridgehead atoms. The highest BCUT2D eigenvalue weighted by molar-refractivity contribution is 5.79. The van der Waals surface area contributed by atoms with Crippen LogP contribution in [0.15, 0.2) is 60.9 Å². The number of pyridine rings is 1. The summed E-state index contributed by atoms with van der Waals surface area (Å²) in [6.07, 6.45) is 4.44. The number of carbonyl (C=O) groups is 1. The number of carboxylic acid groups (broad SMARTS) is 1. The fourth-order valence-corrected chi connectivity index (χ4v) is 4.12. The van der Waals surface area contributed by atoms with E-state index in [1.807, 2.05) is 50.2 Å². The number of carboxylic acids is 1. The smallest absolute Gasteiger partial charge is 0.326 e. The molecule has 0 radical (unpaired) electrons. The first-order valence-electron chi connectivity index (χ1n) is 11.9. The van der Waals surface area contributed by atoms with Gasteiger partial charge < -0.3 is 20.7 Å². The molecule has 2 aromatic carbocycles. The number of aryl methyl sites for hydroxylation is 3. The number of H-pyrrole nitrogens is 1. The van der Waals surface area contributed by atoms with Crippen LogP contribution < -0.4 is 10.6 Å². The Morgan fingerprint density at radius 2 is 1.89 bits per heavy atom. The topological polar surface area (TPSA) is 103 Å². The van der Waals surface area contributed by atoms with Crippen molar-refractivity contribution < 1.29 is 14.3 Å². The summed E-state index contributed by atoms with van der Waals surface area (Å²) in [4.78, 5) is 24.1. The third-order valence-corrected chi connectivity index (χ3v) is 6.05. The molecule has 7 nitrogen and oxygen atoms in total. The molecule has 4 rings (SSSR count). The summed E-state index contributed by atoms with van der Waals surface area (Å²) < 4.78 is 13.8. The average molecular weight is 488 g/mol. The number of anilines is 2. The molecule has 4 aromatic rings. The molecule has 0 saturated heterocycles. The standard InChI is InChI=1S/C28H30FN5O2/c1-4-20-14-22(29)12-18(3)26(20)34-24(28(35)36)13-19-5-7-21(8-6-19)27-32-16-23(33-27)15-31-25-11-17(2)9-10-30-25/h5-12,14,16,24,34H,4,13,15H2,1-3H3,(H,30,31)(H,32,33)(H,35,36). The van der Waals surface area contributed by atoms with Crippen molar-refractivity contribution in [3.8, 4) is 11.4 Å². The zero-order chi connectivity index (χ0) is 25.7. The SMILES string of the molecule is CCc1cc(F)cc(C)c1NC(Cc1ccc(-c2ncc(CNc3cc(C)ccn3)[nH]2)cc1)C(=O)O. The molecular weight excluding hydrogens is 457 g/mol. The Labute approximate surface area is 209 Å². The van der Waals surface area contributed by atoms with Gasteiger partial charge in [-0.3, -0.25) is 0 Å². The Kier molecular flexibility index (Phi) is 7.63. The molecule has 4 N–H and O–H groups in total. The second kappa shape index (κ2) is 11.0. The largest absolute Gasteiger partial charge is 0.480 e. The van der Waals surface area contributed by atoms with Gasteiger partial charge in [0.25, 0.3) is 0 Å². The van der Waals surface area contributed by atoms with E-state index in [-0.39, 0.29) is 12.2 Å². The maximum absolute atomic E-state index is 13.8. The summed E-state index contributed by atoms with van der Waals surface area (Å²) in [6, 6.07) is 13.6. The lowest BCUT2D eigenvalue weighted by Gasteiger charge is -2.20. The van der Waals surface area contributed by atoms with Crippen molar-refractivity contribution in [3.05, 3.63) is 94.7 Å². The predicted molar refractivity (Wildman–Crippen MR) is 140 cm³/mol. The molecule has 0 aliphatic heterocycles. The van der Waals surface area contributed by atoms with E-state index < -0.39 is 12.0 Å². The molecule has 0 saturated carbocycles. The van der Waals surface area contributed by atoms with E-state index in [0.29, 0.717) is 24.2 Å². The van der Waals surface area contributed by atoms with Crippen LogP contribution in [0, 0.1) is 19.7 Å². The Bertz CT molecular complexity index is 1350. The molecule has 0 aliphatic rings. The highest BCUT2D eigenvalue weighted by Crippen LogP contribution is 2.25. The van der Waals surface area contributed by atoms with Crippen molar-refractivity contribution in [1.29, 1.82) is 0 Å². The third kappa shape index (κ3) is 6.07. The van der Waals surface area contributed by atoms with Gasteiger partial charge in [-0.15, -0.1) is 0 Å². The van der Waals surface area contributed by atoms with E-state index in [9.17, 15) is 14.3 Å². The lowest BCUT2D eigenvalue weighted by atomic mass is 10.0. The van der Waals surface area contributed by atoms with Gasteiger partial charge in [-0.2, -0.15) is 0 Å². The Hall–Kier alpha value is -4.20. The lowest BCUT2D eigenvalue weighted by molar-refractivity contribution is -0.137. The van der Waals surface area contributed by atoms with Gasteiger partial charge in [-0.25, -0.2) is 19.2 Å². The summed E-state index contributed by atoms with van der Waals surface area (Å²) in [7, 11) is 0. The molecule has 0 fully saturated rings. The van der Waals surface area contributed by atoms with Crippen LogP contribution in [-0.2, 0) is 24.2 Å². The van der Waals surface area contributed by atoms with Crippen molar-refractivity contribution in [1.82, 2.24) is 15.0 Å². The van der Waals surface area contributed by atoms with Gasteiger partial charge in [0.15, 0.2) is 0 Å². The summed E-state index contributed by atoms with van der Waals surface area (Å²) in [6.45, 7) is 6.29. The van der Waals surface area contributed by atoms with Crippen LogP contribution in [-0.4, -0.2) is 32.1 Å². The number of halogens is 1. The first-order valence-corrected chi connectivity index (χ1v) is 11.9. The van der Waals surface area contributed by atoms with Crippen LogP contribution >= 0.6 is 0 Å². The van der Waals surface area contributed by atoms with E-state index >= 15 is 0 Å². The van der Waals surface area contributed by atoms with Gasteiger partial charge in [-0.1, -0.05) is 31.2 Å². The number of aromatic nitrogens is 3. The first kappa shape index (κ1) is 24.9. The number of imidazole rings is 1. The molecule has 0 aliphatic carbocycles. The molecule has 1 atom stereocenters. The van der Waals surface area contributed by atoms with E-state index in [4.69, 9.17) is 0 Å². The number of hydrogen-bond acceptors (Lipinski definition) is 5. The van der Waals surface area contributed by atoms with Crippen LogP contribution in [0.3, 0.4) is 0 Å². The van der Waals surface area contributed by atoms with Crippen molar-refractivity contribution in [2.24, 2.45) is 0 Å². The van der Waals surface area contributed by atoms with E-state index in [1.54, 1.807) is 19.3 Å². The van der Waals surface area contributed by atoms with Gasteiger partial charge in [0.1, 0.15) is 23.5 Å². The van der Waals surface area contributed by atoms with Gasteiger partial charge >= 0.3 is 5.97 Å². The summed E-state index contributed by atoms with van der Waals surface area (Å²) >= 11 is 0. The monoisotopic (exact) mass is 487 g/mol. The number of rotatable bonds is 10. The second-order valence-electron chi connectivity index (χ2n) is 8.88. The Morgan fingerprint density at radius 1 is 1.11 bits per heavy atom. The fraction of sp³-hybridized carbons (Fsp3) is 0.250. The normalized spacial score (nSPS) is 11.8. The maximum Gasteiger partial charge on any atom is 0.326 e. The number of aliphatic carboxylic acids is 1. The highest BCUT2D eigenvalue weighted by atomic mass is 19.1. The molecule has 1 unspecified atom stereocenters. The zero-order valence-corrected chi connectivity index (χ0v) is 20.6. The summed E-state index contributed by atoms with van der Waals surface area (Å²) in [5.41, 5.74) is 5.97. The number of nitrogens with one attached hydrogen (secondary N) is 3. The number of benzene rings is 2. The minimum Gasteiger partial charge on any atom is -0.480 e. The Morgan fingerprint density at radius 3 is 2.58 bits per heavy atom. The minimum absolute atomic E-state index is 0.284. The maximum atomic E-state index is 13.8. The molecule has 2 heterocycles. The molecule has 186 valence electrons. The van der Waals surface area contributed by atoms with Gasteiger partial charge in [0.2, 0.25) is 0 Å². The van der Waals surface area contributed by atoms with Crippen molar-refractivity contribution in [3.63, 3.8) is 0 Å². The average Bonchev–Trinajstić information content (AvgIpc) is 3.33. The van der Waals surface area contributed by atoms with E-state index in [2.05, 4.69) is 25.6 Å². The quantitative estimate of drug-likeness (QED) is 0.235. The molecule has 8 heteroatoms. The number of nitrogens with zero attached hydrogens (tertiary/aromatic N) is 2. The van der Waals surface area contributed by atoms with Crippen molar-refractivity contribution in [2.75, 3.05) is 10.6 Å². The van der Waals surface area contributed by atoms with E-state index in [0.717, 1.165) is 39.6 Å². The fourth-order valence-electron chi connectivity index (χ4n) is 4.12. The van der Waals surface area contributed by atoms with Crippen molar-refractivity contribution in [2.45, 2.75) is 46.2 Å². The summed E-state index contributed by atoms with van der Waals surface area (Å²) in [5.74, 6) is 0.258. The minimum atomic E-state index is -0.962. The van der Waals surface area contributed by atoms with E-state index in [1.165, 1.54) is 12.1 Å². The van der Waals surface area contributed by atoms with Crippen LogP contribution in [0.25, 0.3) is 11.4 Å². The van der Waals surface area contributed by atoms with Crippen molar-refractivity contribution >= 4 is 17.5 Å². The number of aromatic amines is 1. The van der Waals surface area contributed by atoms with Crippen LogP contribution in [0.1, 0.15) is 34.9 Å². The highest BCUT2D eigenvalue weighted by Gasteiger charge is 2.20. The van der Waals surface area contributed by atoms with Gasteiger partial charge in [-0.05, 0) is 66.8 Å². The summed E-state index contributed by atoms with van der Waals surface area (Å²) in [5, 5.41) is 16.2. The van der Waals surface area contributed by atoms with Gasteiger partial charge in [0.05, 0.1) is 18.4 Å². The third-order valence-electron chi connectivity index (χ3n) is 6.05.